The molecule has 1 atom stereocenters. The molecular weight excluding hydrogens is 169 g/mol. The Morgan fingerprint density at radius 1 is 1.38 bits per heavy atom. The van der Waals surface area contributed by atoms with Gasteiger partial charge in [0, 0.05) is 23.5 Å². The van der Waals surface area contributed by atoms with Crippen LogP contribution in [0.3, 0.4) is 0 Å². The molecule has 0 bridgehead atoms. The zero-order chi connectivity index (χ0) is 9.90. The zero-order valence-corrected chi connectivity index (χ0v) is 8.08. The summed E-state index contributed by atoms with van der Waals surface area (Å²) in [5.41, 5.74) is -0.0908. The van der Waals surface area contributed by atoms with Gasteiger partial charge >= 0.3 is 0 Å². The van der Waals surface area contributed by atoms with Gasteiger partial charge in [0.05, 0.1) is 0 Å². The molecule has 1 rings (SSSR count). The van der Waals surface area contributed by atoms with Gasteiger partial charge in [-0.1, -0.05) is 0 Å². The molecule has 1 N–H and O–H groups in total. The molecule has 4 heteroatoms. The summed E-state index contributed by atoms with van der Waals surface area (Å²) >= 11 is 0. The number of hydrogen-bond donors (Lipinski definition) is 1. The predicted molar refractivity (Wildman–Crippen MR) is 49.0 cm³/mol. The summed E-state index contributed by atoms with van der Waals surface area (Å²) in [4.78, 5) is 7.55. The lowest BCUT2D eigenvalue weighted by Gasteiger charge is -2.27. The molecule has 0 aliphatic heterocycles. The molecule has 0 fully saturated rings. The lowest BCUT2D eigenvalue weighted by atomic mass is 9.95. The van der Waals surface area contributed by atoms with Gasteiger partial charge in [-0.2, -0.15) is 0 Å². The Hall–Kier alpha value is -1.03. The maximum Gasteiger partial charge on any atom is 0.146 e. The second kappa shape index (κ2) is 3.79. The van der Waals surface area contributed by atoms with E-state index in [1.165, 1.54) is 18.7 Å². The number of nitrogens with zero attached hydrogens (tertiary/aromatic N) is 2. The summed E-state index contributed by atoms with van der Waals surface area (Å²) in [6.45, 7) is 3.59. The number of likely N-dealkylation sites (N-methyl/N-ethyl adjacent to an activating group) is 1. The Morgan fingerprint density at radius 2 is 1.92 bits per heavy atom. The van der Waals surface area contributed by atoms with Crippen LogP contribution in [0.25, 0.3) is 0 Å². The Labute approximate surface area is 77.4 Å². The number of hydrogen-bond acceptors (Lipinski definition) is 3. The average molecular weight is 183 g/mol. The normalized spacial score (nSPS) is 14.2. The van der Waals surface area contributed by atoms with Crippen molar-refractivity contribution in [2.75, 3.05) is 7.05 Å². The van der Waals surface area contributed by atoms with E-state index in [1.807, 2.05) is 0 Å². The molecule has 0 spiro atoms. The molecule has 0 amide bonds. The van der Waals surface area contributed by atoms with Crippen LogP contribution in [0, 0.1) is 0 Å². The fraction of sp³-hybridized carbons (Fsp3) is 0.556. The van der Waals surface area contributed by atoms with Crippen molar-refractivity contribution in [2.24, 2.45) is 0 Å². The number of aromatic nitrogens is 2. The van der Waals surface area contributed by atoms with E-state index < -0.39 is 11.7 Å². The van der Waals surface area contributed by atoms with Crippen LogP contribution in [0.2, 0.25) is 0 Å². The van der Waals surface area contributed by atoms with Crippen LogP contribution < -0.4 is 5.32 Å². The maximum atomic E-state index is 13.8. The largest absolute Gasteiger partial charge is 0.312 e. The highest BCUT2D eigenvalue weighted by Crippen LogP contribution is 2.27. The van der Waals surface area contributed by atoms with Gasteiger partial charge in [0.1, 0.15) is 12.5 Å². The van der Waals surface area contributed by atoms with E-state index in [-0.39, 0.29) is 0 Å². The summed E-state index contributed by atoms with van der Waals surface area (Å²) < 4.78 is 13.8. The lowest BCUT2D eigenvalue weighted by molar-refractivity contribution is 0.190. The van der Waals surface area contributed by atoms with Crippen molar-refractivity contribution in [3.63, 3.8) is 0 Å². The van der Waals surface area contributed by atoms with E-state index in [1.54, 1.807) is 20.9 Å². The van der Waals surface area contributed by atoms with Gasteiger partial charge in [-0.3, -0.25) is 0 Å². The van der Waals surface area contributed by atoms with Crippen molar-refractivity contribution in [3.05, 3.63) is 24.3 Å². The van der Waals surface area contributed by atoms with Crippen molar-refractivity contribution in [1.29, 1.82) is 0 Å². The fourth-order valence-electron chi connectivity index (χ4n) is 0.985. The fourth-order valence-corrected chi connectivity index (χ4v) is 0.985. The van der Waals surface area contributed by atoms with Crippen LogP contribution in [0.4, 0.5) is 4.39 Å². The van der Waals surface area contributed by atoms with Gasteiger partial charge in [0.15, 0.2) is 0 Å². The second-order valence-corrected chi connectivity index (χ2v) is 3.51. The molecule has 1 unspecified atom stereocenters. The van der Waals surface area contributed by atoms with E-state index in [2.05, 4.69) is 15.3 Å². The van der Waals surface area contributed by atoms with Gasteiger partial charge < -0.3 is 5.32 Å². The number of alkyl halides is 1. The third-order valence-electron chi connectivity index (χ3n) is 2.15. The monoisotopic (exact) mass is 183 g/mol. The van der Waals surface area contributed by atoms with Gasteiger partial charge in [-0.15, -0.1) is 0 Å². The predicted octanol–water partition coefficient (Wildman–Crippen LogP) is 1.49. The second-order valence-electron chi connectivity index (χ2n) is 3.51. The first-order chi connectivity index (χ1) is 6.08. The van der Waals surface area contributed by atoms with Crippen molar-refractivity contribution in [3.8, 4) is 0 Å². The first-order valence-corrected chi connectivity index (χ1v) is 4.16. The van der Waals surface area contributed by atoms with E-state index >= 15 is 0 Å². The quantitative estimate of drug-likeness (QED) is 0.771. The first-order valence-electron chi connectivity index (χ1n) is 4.16. The Balaban J connectivity index is 2.85. The molecule has 0 aliphatic rings. The Bertz CT molecular complexity index is 261. The molecule has 3 nitrogen and oxygen atoms in total. The molecule has 1 aromatic rings. The molecule has 0 radical (unpaired) electrons. The molecule has 1 aromatic heterocycles. The van der Waals surface area contributed by atoms with E-state index in [0.29, 0.717) is 5.56 Å². The lowest BCUT2D eigenvalue weighted by Crippen LogP contribution is -2.40. The number of nitrogens with one attached hydrogen (secondary N) is 1. The molecule has 0 saturated heterocycles. The highest BCUT2D eigenvalue weighted by atomic mass is 19.1. The molecule has 1 heterocycles. The standard InChI is InChI=1S/C9H14FN3/c1-9(2,11-3)8(10)7-4-12-6-13-5-7/h4-6,8,11H,1-3H3. The van der Waals surface area contributed by atoms with Crippen LogP contribution in [-0.4, -0.2) is 22.6 Å². The van der Waals surface area contributed by atoms with E-state index in [0.717, 1.165) is 0 Å². The SMILES string of the molecule is CNC(C)(C)C(F)c1cncnc1. The van der Waals surface area contributed by atoms with Gasteiger partial charge in [0.2, 0.25) is 0 Å². The van der Waals surface area contributed by atoms with E-state index in [4.69, 9.17) is 0 Å². The molecular formula is C9H14FN3. The first kappa shape index (κ1) is 10.1. The minimum atomic E-state index is -1.10. The number of rotatable bonds is 3. The summed E-state index contributed by atoms with van der Waals surface area (Å²) in [6.07, 6.45) is 3.29. The van der Waals surface area contributed by atoms with E-state index in [9.17, 15) is 4.39 Å². The summed E-state index contributed by atoms with van der Waals surface area (Å²) in [5, 5.41) is 2.91. The topological polar surface area (TPSA) is 37.8 Å². The van der Waals surface area contributed by atoms with Crippen molar-refractivity contribution >= 4 is 0 Å². The number of halogens is 1. The molecule has 72 valence electrons. The third-order valence-corrected chi connectivity index (χ3v) is 2.15. The van der Waals surface area contributed by atoms with Crippen LogP contribution >= 0.6 is 0 Å². The third kappa shape index (κ3) is 2.21. The molecule has 13 heavy (non-hydrogen) atoms. The highest BCUT2D eigenvalue weighted by Gasteiger charge is 2.29. The van der Waals surface area contributed by atoms with Crippen molar-refractivity contribution in [1.82, 2.24) is 15.3 Å². The average Bonchev–Trinajstić information content (AvgIpc) is 2.18. The van der Waals surface area contributed by atoms with Crippen molar-refractivity contribution in [2.45, 2.75) is 25.6 Å². The van der Waals surface area contributed by atoms with Crippen LogP contribution in [0.1, 0.15) is 25.6 Å². The van der Waals surface area contributed by atoms with Gasteiger partial charge in [-0.05, 0) is 20.9 Å². The molecule has 0 saturated carbocycles. The van der Waals surface area contributed by atoms with Crippen LogP contribution in [0.5, 0.6) is 0 Å². The van der Waals surface area contributed by atoms with Crippen molar-refractivity contribution < 1.29 is 4.39 Å². The smallest absolute Gasteiger partial charge is 0.146 e. The minimum absolute atomic E-state index is 0.502. The maximum absolute atomic E-state index is 13.8. The summed E-state index contributed by atoms with van der Waals surface area (Å²) in [7, 11) is 1.73. The Morgan fingerprint density at radius 3 is 2.38 bits per heavy atom. The highest BCUT2D eigenvalue weighted by molar-refractivity contribution is 5.12. The Kier molecular flexibility index (Phi) is 2.93. The van der Waals surface area contributed by atoms with Crippen LogP contribution in [-0.2, 0) is 0 Å². The molecule has 0 aromatic carbocycles. The molecule has 0 aliphatic carbocycles. The van der Waals surface area contributed by atoms with Crippen LogP contribution in [0.15, 0.2) is 18.7 Å². The summed E-state index contributed by atoms with van der Waals surface area (Å²) in [6, 6.07) is 0. The van der Waals surface area contributed by atoms with Gasteiger partial charge in [0.25, 0.3) is 0 Å². The summed E-state index contributed by atoms with van der Waals surface area (Å²) in [5.74, 6) is 0. The zero-order valence-electron chi connectivity index (χ0n) is 8.08. The minimum Gasteiger partial charge on any atom is -0.312 e. The van der Waals surface area contributed by atoms with Gasteiger partial charge in [-0.25, -0.2) is 14.4 Å².